The molecule has 2 saturated carbocycles. The molecule has 0 saturated heterocycles. The molecule has 0 amide bonds. The van der Waals surface area contributed by atoms with Gasteiger partial charge in [-0.1, -0.05) is 39.8 Å². The van der Waals surface area contributed by atoms with Gasteiger partial charge >= 0.3 is 5.63 Å². The van der Waals surface area contributed by atoms with Crippen molar-refractivity contribution < 1.29 is 23.4 Å². The summed E-state index contributed by atoms with van der Waals surface area (Å²) in [6.45, 7) is 13.5. The number of Topliss-reactive ketones (excluding diaryl/α,β-unsaturated/α-hetero) is 1. The Labute approximate surface area is 194 Å². The molecule has 1 aromatic carbocycles. The van der Waals surface area contributed by atoms with E-state index in [4.69, 9.17) is 18.6 Å². The SMILES string of the molecule is C=C1CC[C@]2(C)C(C)(C)C(=O)CC[C@@]2(C)[C@@H]1COc1c(OC)cc2ccc(=O)oc2c1OC. The Morgan fingerprint density at radius 1 is 1.03 bits per heavy atom. The number of fused-ring (bicyclic) bond motifs is 2. The van der Waals surface area contributed by atoms with Crippen molar-refractivity contribution in [1.29, 1.82) is 0 Å². The molecule has 0 N–H and O–H groups in total. The van der Waals surface area contributed by atoms with Gasteiger partial charge in [0.15, 0.2) is 11.3 Å². The number of hydrogen-bond donors (Lipinski definition) is 0. The highest BCUT2D eigenvalue weighted by Gasteiger charge is 2.63. The fourth-order valence-electron chi connectivity index (χ4n) is 6.26. The van der Waals surface area contributed by atoms with E-state index in [0.29, 0.717) is 47.0 Å². The number of carbonyl (C=O) groups excluding carboxylic acids is 1. The number of methoxy groups -OCH3 is 2. The van der Waals surface area contributed by atoms with E-state index >= 15 is 0 Å². The molecule has 6 heteroatoms. The highest BCUT2D eigenvalue weighted by molar-refractivity contribution is 5.88. The Kier molecular flexibility index (Phi) is 5.62. The summed E-state index contributed by atoms with van der Waals surface area (Å²) in [5.41, 5.74) is 0.267. The molecule has 1 aromatic heterocycles. The van der Waals surface area contributed by atoms with Crippen LogP contribution < -0.4 is 19.8 Å². The van der Waals surface area contributed by atoms with Gasteiger partial charge in [0.2, 0.25) is 11.5 Å². The molecule has 0 aliphatic heterocycles. The van der Waals surface area contributed by atoms with E-state index in [2.05, 4.69) is 34.3 Å². The number of hydrogen-bond acceptors (Lipinski definition) is 6. The topological polar surface area (TPSA) is 75.0 Å². The smallest absolute Gasteiger partial charge is 0.336 e. The number of ketones is 1. The zero-order chi connectivity index (χ0) is 24.2. The molecule has 0 spiro atoms. The lowest BCUT2D eigenvalue weighted by Gasteiger charge is -2.64. The predicted molar refractivity (Wildman–Crippen MR) is 127 cm³/mol. The largest absolute Gasteiger partial charge is 0.493 e. The minimum absolute atomic E-state index is 0.0523. The molecule has 1 heterocycles. The van der Waals surface area contributed by atoms with Crippen LogP contribution in [0.5, 0.6) is 17.2 Å². The number of ether oxygens (including phenoxy) is 3. The molecule has 3 atom stereocenters. The molecule has 4 rings (SSSR count). The summed E-state index contributed by atoms with van der Waals surface area (Å²) in [5, 5.41) is 0.685. The minimum Gasteiger partial charge on any atom is -0.493 e. The van der Waals surface area contributed by atoms with Gasteiger partial charge in [-0.05, 0) is 42.2 Å². The molecule has 33 heavy (non-hydrogen) atoms. The van der Waals surface area contributed by atoms with E-state index < -0.39 is 11.0 Å². The number of rotatable bonds is 5. The van der Waals surface area contributed by atoms with Crippen LogP contribution in [0.2, 0.25) is 0 Å². The van der Waals surface area contributed by atoms with Gasteiger partial charge in [-0.3, -0.25) is 4.79 Å². The zero-order valence-electron chi connectivity index (χ0n) is 20.5. The second kappa shape index (κ2) is 7.93. The lowest BCUT2D eigenvalue weighted by Crippen LogP contribution is -2.61. The van der Waals surface area contributed by atoms with Gasteiger partial charge in [-0.2, -0.15) is 0 Å². The Bertz CT molecular complexity index is 1180. The standard InChI is InChI=1S/C27H34O6/c1-16-10-13-27(5)25(2,3)20(28)11-12-26(27,4)18(16)15-32-23-19(30-6)14-17-8-9-21(29)33-22(17)24(23)31-7/h8-9,14,18H,1,10-13,15H2,2-7H3/t18-,26+,27-/m1/s1. The highest BCUT2D eigenvalue weighted by Crippen LogP contribution is 2.67. The molecule has 0 unspecified atom stereocenters. The number of benzene rings is 1. The summed E-state index contributed by atoms with van der Waals surface area (Å²) in [4.78, 5) is 24.7. The van der Waals surface area contributed by atoms with Crippen molar-refractivity contribution in [3.63, 3.8) is 0 Å². The molecule has 2 aromatic rings. The summed E-state index contributed by atoms with van der Waals surface area (Å²) in [5.74, 6) is 1.62. The van der Waals surface area contributed by atoms with Crippen molar-refractivity contribution in [3.8, 4) is 17.2 Å². The predicted octanol–water partition coefficient (Wildman–Crippen LogP) is 5.56. The molecule has 178 valence electrons. The lowest BCUT2D eigenvalue weighted by molar-refractivity contribution is -0.168. The summed E-state index contributed by atoms with van der Waals surface area (Å²) in [6, 6.07) is 4.81. The van der Waals surface area contributed by atoms with Crippen molar-refractivity contribution >= 4 is 16.8 Å². The normalized spacial score (nSPS) is 29.0. The maximum atomic E-state index is 12.9. The highest BCUT2D eigenvalue weighted by atomic mass is 16.5. The van der Waals surface area contributed by atoms with Gasteiger partial charge in [-0.15, -0.1) is 0 Å². The van der Waals surface area contributed by atoms with E-state index in [-0.39, 0.29) is 16.7 Å². The van der Waals surface area contributed by atoms with Crippen LogP contribution in [0.15, 0.2) is 39.6 Å². The van der Waals surface area contributed by atoms with Crippen molar-refractivity contribution in [3.05, 3.63) is 40.8 Å². The van der Waals surface area contributed by atoms with E-state index in [1.54, 1.807) is 19.2 Å². The lowest BCUT2D eigenvalue weighted by atomic mass is 9.40. The van der Waals surface area contributed by atoms with Crippen LogP contribution in [-0.4, -0.2) is 26.6 Å². The molecule has 2 aliphatic rings. The van der Waals surface area contributed by atoms with Gasteiger partial charge in [0.1, 0.15) is 5.78 Å². The average Bonchev–Trinajstić information content (AvgIpc) is 2.78. The first-order valence-electron chi connectivity index (χ1n) is 11.5. The van der Waals surface area contributed by atoms with Crippen molar-refractivity contribution in [2.45, 2.75) is 53.4 Å². The monoisotopic (exact) mass is 454 g/mol. The van der Waals surface area contributed by atoms with Crippen LogP contribution in [0.25, 0.3) is 11.0 Å². The molecular formula is C27H34O6. The summed E-state index contributed by atoms with van der Waals surface area (Å²) < 4.78 is 23.0. The second-order valence-electron chi connectivity index (χ2n) is 10.4. The third-order valence-corrected chi connectivity index (χ3v) is 9.02. The van der Waals surface area contributed by atoms with Crippen LogP contribution in [0.4, 0.5) is 0 Å². The third kappa shape index (κ3) is 3.29. The van der Waals surface area contributed by atoms with Gasteiger partial charge in [-0.25, -0.2) is 4.79 Å². The van der Waals surface area contributed by atoms with E-state index in [1.807, 2.05) is 0 Å². The molecule has 0 bridgehead atoms. The zero-order valence-corrected chi connectivity index (χ0v) is 20.5. The van der Waals surface area contributed by atoms with Crippen molar-refractivity contribution in [2.24, 2.45) is 22.2 Å². The molecule has 2 fully saturated rings. The maximum absolute atomic E-state index is 12.9. The van der Waals surface area contributed by atoms with Crippen LogP contribution in [-0.2, 0) is 4.79 Å². The van der Waals surface area contributed by atoms with Gasteiger partial charge < -0.3 is 18.6 Å². The van der Waals surface area contributed by atoms with Gasteiger partial charge in [0.05, 0.1) is 20.8 Å². The third-order valence-electron chi connectivity index (χ3n) is 9.02. The molecular weight excluding hydrogens is 420 g/mol. The minimum atomic E-state index is -0.463. The fourth-order valence-corrected chi connectivity index (χ4v) is 6.26. The fraction of sp³-hybridized carbons (Fsp3) is 0.556. The van der Waals surface area contributed by atoms with Crippen LogP contribution in [0.3, 0.4) is 0 Å². The quantitative estimate of drug-likeness (QED) is 0.435. The van der Waals surface area contributed by atoms with E-state index in [0.717, 1.165) is 24.8 Å². The second-order valence-corrected chi connectivity index (χ2v) is 10.4. The molecule has 0 radical (unpaired) electrons. The molecule has 6 nitrogen and oxygen atoms in total. The number of carbonyl (C=O) groups is 1. The Morgan fingerprint density at radius 3 is 2.42 bits per heavy atom. The summed E-state index contributed by atoms with van der Waals surface area (Å²) in [6.07, 6.45) is 3.17. The van der Waals surface area contributed by atoms with Crippen LogP contribution in [0, 0.1) is 22.2 Å². The van der Waals surface area contributed by atoms with E-state index in [9.17, 15) is 9.59 Å². The summed E-state index contributed by atoms with van der Waals surface area (Å²) in [7, 11) is 3.08. The first kappa shape index (κ1) is 23.4. The maximum Gasteiger partial charge on any atom is 0.336 e. The first-order chi connectivity index (χ1) is 15.5. The van der Waals surface area contributed by atoms with Crippen molar-refractivity contribution in [2.75, 3.05) is 20.8 Å². The first-order valence-corrected chi connectivity index (χ1v) is 11.5. The Balaban J connectivity index is 1.75. The van der Waals surface area contributed by atoms with E-state index in [1.165, 1.54) is 13.2 Å². The average molecular weight is 455 g/mol. The van der Waals surface area contributed by atoms with Crippen LogP contribution >= 0.6 is 0 Å². The molecule has 2 aliphatic carbocycles. The van der Waals surface area contributed by atoms with Crippen LogP contribution in [0.1, 0.15) is 53.4 Å². The summed E-state index contributed by atoms with van der Waals surface area (Å²) >= 11 is 0. The van der Waals surface area contributed by atoms with Gasteiger partial charge in [0.25, 0.3) is 0 Å². The van der Waals surface area contributed by atoms with Crippen molar-refractivity contribution in [1.82, 2.24) is 0 Å². The van der Waals surface area contributed by atoms with Gasteiger partial charge in [0, 0.05) is 29.2 Å². The Hall–Kier alpha value is -2.76. The Morgan fingerprint density at radius 2 is 1.76 bits per heavy atom.